The number of alkyl halides is 3. The summed E-state index contributed by atoms with van der Waals surface area (Å²) in [5, 5.41) is 5.99. The van der Waals surface area contributed by atoms with Gasteiger partial charge in [0.1, 0.15) is 5.82 Å². The van der Waals surface area contributed by atoms with Gasteiger partial charge in [-0.1, -0.05) is 0 Å². The second-order valence-corrected chi connectivity index (χ2v) is 5.66. The van der Waals surface area contributed by atoms with Gasteiger partial charge in [-0.25, -0.2) is 4.98 Å². The van der Waals surface area contributed by atoms with Crippen LogP contribution < -0.4 is 20.1 Å². The summed E-state index contributed by atoms with van der Waals surface area (Å²) >= 11 is 0. The average molecular weight is 374 g/mol. The number of aromatic nitrogens is 2. The molecule has 1 aromatic heterocycles. The van der Waals surface area contributed by atoms with Crippen LogP contribution in [0.5, 0.6) is 11.5 Å². The van der Waals surface area contributed by atoms with Gasteiger partial charge in [-0.15, -0.1) is 0 Å². The van der Waals surface area contributed by atoms with E-state index in [1.54, 1.807) is 18.2 Å². The summed E-state index contributed by atoms with van der Waals surface area (Å²) in [5.41, 5.74) is 0.480. The Morgan fingerprint density at radius 1 is 0.852 bits per heavy atom. The molecule has 9 heteroatoms. The highest BCUT2D eigenvalue weighted by atomic mass is 19.4. The van der Waals surface area contributed by atoms with Crippen molar-refractivity contribution in [2.45, 2.75) is 6.18 Å². The molecule has 4 rings (SSSR count). The van der Waals surface area contributed by atoms with Gasteiger partial charge < -0.3 is 20.1 Å². The Hall–Kier alpha value is -3.49. The lowest BCUT2D eigenvalue weighted by atomic mass is 10.2. The third-order valence-electron chi connectivity index (χ3n) is 3.77. The molecule has 2 aromatic carbocycles. The van der Waals surface area contributed by atoms with Crippen LogP contribution in [0.15, 0.2) is 54.7 Å². The van der Waals surface area contributed by atoms with Crippen molar-refractivity contribution in [3.8, 4) is 11.5 Å². The fourth-order valence-electron chi connectivity index (χ4n) is 2.48. The van der Waals surface area contributed by atoms with Crippen molar-refractivity contribution in [1.29, 1.82) is 0 Å². The first-order chi connectivity index (χ1) is 13.0. The Morgan fingerprint density at radius 2 is 1.59 bits per heavy atom. The van der Waals surface area contributed by atoms with Crippen LogP contribution in [0, 0.1) is 0 Å². The van der Waals surface area contributed by atoms with Crippen molar-refractivity contribution in [2.24, 2.45) is 0 Å². The topological polar surface area (TPSA) is 68.3 Å². The zero-order valence-electron chi connectivity index (χ0n) is 13.7. The molecule has 0 atom stereocenters. The Bertz CT molecular complexity index is 962. The molecule has 2 N–H and O–H groups in total. The number of benzene rings is 2. The van der Waals surface area contributed by atoms with Crippen LogP contribution >= 0.6 is 0 Å². The van der Waals surface area contributed by atoms with E-state index >= 15 is 0 Å². The third-order valence-corrected chi connectivity index (χ3v) is 3.77. The van der Waals surface area contributed by atoms with Gasteiger partial charge in [-0.2, -0.15) is 18.2 Å². The summed E-state index contributed by atoms with van der Waals surface area (Å²) in [5.74, 6) is 2.07. The van der Waals surface area contributed by atoms with Crippen LogP contribution in [0.25, 0.3) is 0 Å². The van der Waals surface area contributed by atoms with E-state index in [1.165, 1.54) is 18.3 Å². The molecular weight excluding hydrogens is 361 g/mol. The van der Waals surface area contributed by atoms with Crippen molar-refractivity contribution in [1.82, 2.24) is 9.97 Å². The number of nitrogens with one attached hydrogen (secondary N) is 2. The quantitative estimate of drug-likeness (QED) is 0.689. The number of hydrogen-bond donors (Lipinski definition) is 2. The monoisotopic (exact) mass is 374 g/mol. The summed E-state index contributed by atoms with van der Waals surface area (Å²) in [4.78, 5) is 8.38. The summed E-state index contributed by atoms with van der Waals surface area (Å²) in [6, 6.07) is 11.7. The van der Waals surface area contributed by atoms with Crippen molar-refractivity contribution in [2.75, 3.05) is 17.4 Å². The van der Waals surface area contributed by atoms with E-state index in [9.17, 15) is 13.2 Å². The van der Waals surface area contributed by atoms with Crippen LogP contribution in [0.1, 0.15) is 5.56 Å². The Kier molecular flexibility index (Phi) is 4.19. The second-order valence-electron chi connectivity index (χ2n) is 5.66. The molecule has 0 unspecified atom stereocenters. The maximum atomic E-state index is 12.6. The summed E-state index contributed by atoms with van der Waals surface area (Å²) < 4.78 is 48.4. The maximum Gasteiger partial charge on any atom is 0.416 e. The normalized spacial score (nSPS) is 12.7. The summed E-state index contributed by atoms with van der Waals surface area (Å²) in [6.45, 7) is 0.188. The molecule has 6 nitrogen and oxygen atoms in total. The molecular formula is C18H13F3N4O2. The number of anilines is 4. The zero-order chi connectivity index (χ0) is 18.9. The van der Waals surface area contributed by atoms with Crippen LogP contribution in [-0.2, 0) is 6.18 Å². The number of halogens is 3. The van der Waals surface area contributed by atoms with Crippen LogP contribution in [0.2, 0.25) is 0 Å². The van der Waals surface area contributed by atoms with Crippen molar-refractivity contribution in [3.63, 3.8) is 0 Å². The lowest BCUT2D eigenvalue weighted by molar-refractivity contribution is -0.137. The number of ether oxygens (including phenoxy) is 2. The van der Waals surface area contributed by atoms with E-state index in [0.29, 0.717) is 23.0 Å². The summed E-state index contributed by atoms with van der Waals surface area (Å²) in [7, 11) is 0. The summed E-state index contributed by atoms with van der Waals surface area (Å²) in [6.07, 6.45) is -2.84. The molecule has 0 radical (unpaired) electrons. The maximum absolute atomic E-state index is 12.6. The molecule has 0 saturated carbocycles. The van der Waals surface area contributed by atoms with Gasteiger partial charge >= 0.3 is 6.18 Å². The number of hydrogen-bond acceptors (Lipinski definition) is 6. The number of nitrogens with zero attached hydrogens (tertiary/aromatic N) is 2. The van der Waals surface area contributed by atoms with Crippen LogP contribution in [0.4, 0.5) is 36.3 Å². The lowest BCUT2D eigenvalue weighted by Crippen LogP contribution is -2.05. The van der Waals surface area contributed by atoms with Gasteiger partial charge in [0.05, 0.1) is 5.56 Å². The molecule has 0 saturated heterocycles. The van der Waals surface area contributed by atoms with E-state index in [-0.39, 0.29) is 12.7 Å². The first-order valence-electron chi connectivity index (χ1n) is 7.91. The minimum Gasteiger partial charge on any atom is -0.454 e. The van der Waals surface area contributed by atoms with Crippen molar-refractivity contribution < 1.29 is 22.6 Å². The SMILES string of the molecule is FC(F)(F)c1ccc(Nc2nccc(Nc3ccc4c(c3)OCO4)n2)cc1. The molecule has 0 bridgehead atoms. The first-order valence-corrected chi connectivity index (χ1v) is 7.91. The van der Waals surface area contributed by atoms with E-state index in [1.807, 2.05) is 6.07 Å². The van der Waals surface area contributed by atoms with Gasteiger partial charge in [0.15, 0.2) is 11.5 Å². The Balaban J connectivity index is 1.47. The van der Waals surface area contributed by atoms with Crippen molar-refractivity contribution >= 4 is 23.1 Å². The minimum atomic E-state index is -4.37. The molecule has 0 aliphatic carbocycles. The second kappa shape index (κ2) is 6.67. The third kappa shape index (κ3) is 3.86. The average Bonchev–Trinajstić information content (AvgIpc) is 3.09. The zero-order valence-corrected chi connectivity index (χ0v) is 13.7. The van der Waals surface area contributed by atoms with E-state index in [4.69, 9.17) is 9.47 Å². The van der Waals surface area contributed by atoms with E-state index < -0.39 is 11.7 Å². The molecule has 0 spiro atoms. The number of rotatable bonds is 4. The van der Waals surface area contributed by atoms with Crippen molar-refractivity contribution in [3.05, 3.63) is 60.3 Å². The fraction of sp³-hybridized carbons (Fsp3) is 0.111. The first kappa shape index (κ1) is 17.0. The molecule has 3 aromatic rings. The largest absolute Gasteiger partial charge is 0.454 e. The molecule has 1 aliphatic rings. The highest BCUT2D eigenvalue weighted by Gasteiger charge is 2.29. The number of fused-ring (bicyclic) bond motifs is 1. The molecule has 1 aliphatic heterocycles. The van der Waals surface area contributed by atoms with Gasteiger partial charge in [-0.3, -0.25) is 0 Å². The van der Waals surface area contributed by atoms with Crippen LogP contribution in [0.3, 0.4) is 0 Å². The molecule has 0 amide bonds. The highest BCUT2D eigenvalue weighted by Crippen LogP contribution is 2.35. The van der Waals surface area contributed by atoms with E-state index in [2.05, 4.69) is 20.6 Å². The molecule has 0 fully saturated rings. The Labute approximate surface area is 152 Å². The smallest absolute Gasteiger partial charge is 0.416 e. The highest BCUT2D eigenvalue weighted by molar-refractivity contribution is 5.63. The molecule has 138 valence electrons. The van der Waals surface area contributed by atoms with Gasteiger partial charge in [0, 0.05) is 23.6 Å². The van der Waals surface area contributed by atoms with Gasteiger partial charge in [0.2, 0.25) is 12.7 Å². The predicted octanol–water partition coefficient (Wildman–Crippen LogP) is 4.71. The van der Waals surface area contributed by atoms with Crippen LogP contribution in [-0.4, -0.2) is 16.8 Å². The predicted molar refractivity (Wildman–Crippen MR) is 92.6 cm³/mol. The van der Waals surface area contributed by atoms with Gasteiger partial charge in [0.25, 0.3) is 0 Å². The molecule has 27 heavy (non-hydrogen) atoms. The lowest BCUT2D eigenvalue weighted by Gasteiger charge is -2.10. The fourth-order valence-corrected chi connectivity index (χ4v) is 2.48. The van der Waals surface area contributed by atoms with E-state index in [0.717, 1.165) is 17.8 Å². The van der Waals surface area contributed by atoms with Gasteiger partial charge in [-0.05, 0) is 42.5 Å². The Morgan fingerprint density at radius 3 is 2.37 bits per heavy atom. The standard InChI is InChI=1S/C18H13F3N4O2/c19-18(20,21)11-1-3-12(4-2-11)24-17-22-8-7-16(25-17)23-13-5-6-14-15(9-13)27-10-26-14/h1-9H,10H2,(H2,22,23,24,25). The minimum absolute atomic E-state index is 0.188. The molecule has 2 heterocycles.